The third-order valence-electron chi connectivity index (χ3n) is 5.56. The molecule has 34 heavy (non-hydrogen) atoms. The molecule has 4 heteroatoms. The number of benzene rings is 2. The van der Waals surface area contributed by atoms with E-state index in [1.165, 1.54) is 6.42 Å². The molecule has 0 heterocycles. The van der Waals surface area contributed by atoms with Gasteiger partial charge >= 0.3 is 0 Å². The van der Waals surface area contributed by atoms with Crippen LogP contribution in [0.4, 0.5) is 0 Å². The predicted molar refractivity (Wildman–Crippen MR) is 145 cm³/mol. The summed E-state index contributed by atoms with van der Waals surface area (Å²) in [7, 11) is 0. The summed E-state index contributed by atoms with van der Waals surface area (Å²) < 4.78 is 11.0. The highest BCUT2D eigenvalue weighted by Crippen LogP contribution is 2.27. The summed E-state index contributed by atoms with van der Waals surface area (Å²) in [6.45, 7) is 14.6. The van der Waals surface area contributed by atoms with Gasteiger partial charge in [0.25, 0.3) is 0 Å². The summed E-state index contributed by atoms with van der Waals surface area (Å²) in [5, 5.41) is 19.3. The second-order valence-corrected chi connectivity index (χ2v) is 8.73. The topological polar surface area (TPSA) is 58.9 Å². The number of aliphatic hydroxyl groups excluding tert-OH is 2. The van der Waals surface area contributed by atoms with Crippen LogP contribution in [0.5, 0.6) is 5.75 Å². The Kier molecular flexibility index (Phi) is 14.5. The number of allylic oxidation sites excluding steroid dienone is 1. The molecule has 0 aromatic heterocycles. The maximum atomic E-state index is 10.0. The van der Waals surface area contributed by atoms with Gasteiger partial charge in [0.1, 0.15) is 18.6 Å². The van der Waals surface area contributed by atoms with Gasteiger partial charge in [-0.15, -0.1) is 0 Å². The van der Waals surface area contributed by atoms with Crippen LogP contribution in [0.25, 0.3) is 17.2 Å². The first-order valence-corrected chi connectivity index (χ1v) is 12.5. The monoisotopic (exact) mass is 468 g/mol. The molecule has 0 spiro atoms. The van der Waals surface area contributed by atoms with E-state index >= 15 is 0 Å². The van der Waals surface area contributed by atoms with Crippen molar-refractivity contribution in [3.8, 4) is 16.9 Å². The van der Waals surface area contributed by atoms with Gasteiger partial charge in [0.2, 0.25) is 0 Å². The van der Waals surface area contributed by atoms with Crippen molar-refractivity contribution in [2.75, 3.05) is 19.8 Å². The zero-order valence-electron chi connectivity index (χ0n) is 21.9. The Balaban J connectivity index is 0.00000104. The Morgan fingerprint density at radius 1 is 0.971 bits per heavy atom. The second kappa shape index (κ2) is 16.8. The molecule has 0 radical (unpaired) electrons. The van der Waals surface area contributed by atoms with Crippen LogP contribution in [-0.4, -0.2) is 30.0 Å². The summed E-state index contributed by atoms with van der Waals surface area (Å²) in [6.07, 6.45) is 6.73. The maximum absolute atomic E-state index is 10.0. The van der Waals surface area contributed by atoms with Crippen molar-refractivity contribution in [3.05, 3.63) is 71.2 Å². The fourth-order valence-corrected chi connectivity index (χ4v) is 2.99. The number of aryl methyl sites for hydroxylation is 1. The van der Waals surface area contributed by atoms with E-state index in [0.29, 0.717) is 19.8 Å². The molecule has 0 atom stereocenters. The minimum atomic E-state index is -0.0724. The maximum Gasteiger partial charge on any atom is 0.152 e. The lowest BCUT2D eigenvalue weighted by atomic mass is 9.96. The van der Waals surface area contributed by atoms with E-state index in [4.69, 9.17) is 9.47 Å². The average molecular weight is 469 g/mol. The van der Waals surface area contributed by atoms with Crippen LogP contribution >= 0.6 is 0 Å². The Labute approximate surface area is 206 Å². The molecule has 0 aliphatic rings. The minimum Gasteiger partial charge on any atom is -0.512 e. The highest BCUT2D eigenvalue weighted by Gasteiger charge is 2.07. The molecule has 0 fully saturated rings. The molecule has 0 bridgehead atoms. The lowest BCUT2D eigenvalue weighted by molar-refractivity contribution is 0.110. The molecule has 0 unspecified atom stereocenters. The molecule has 2 N–H and O–H groups in total. The fraction of sp³-hybridized carbons (Fsp3) is 0.467. The van der Waals surface area contributed by atoms with Crippen molar-refractivity contribution >= 4 is 6.08 Å². The number of hydrogen-bond acceptors (Lipinski definition) is 4. The zero-order chi connectivity index (χ0) is 25.3. The number of aliphatic hydroxyl groups is 2. The molecule has 2 aromatic rings. The molecule has 2 rings (SSSR count). The molecule has 0 aliphatic carbocycles. The minimum absolute atomic E-state index is 0.0724. The Bertz CT molecular complexity index is 879. The van der Waals surface area contributed by atoms with Crippen molar-refractivity contribution in [2.24, 2.45) is 5.92 Å². The molecule has 4 nitrogen and oxygen atoms in total. The second-order valence-electron chi connectivity index (χ2n) is 8.73. The van der Waals surface area contributed by atoms with Gasteiger partial charge in [0, 0.05) is 6.61 Å². The van der Waals surface area contributed by atoms with Gasteiger partial charge in [0.05, 0.1) is 6.61 Å². The van der Waals surface area contributed by atoms with Crippen LogP contribution in [0.15, 0.2) is 60.1 Å². The van der Waals surface area contributed by atoms with E-state index in [1.807, 2.05) is 44.2 Å². The smallest absolute Gasteiger partial charge is 0.152 e. The van der Waals surface area contributed by atoms with Gasteiger partial charge in [-0.25, -0.2) is 0 Å². The van der Waals surface area contributed by atoms with Crippen LogP contribution < -0.4 is 4.74 Å². The molecular formula is C30H44O4. The molecule has 0 amide bonds. The fourth-order valence-electron chi connectivity index (χ4n) is 2.99. The first-order valence-electron chi connectivity index (χ1n) is 12.5. The largest absolute Gasteiger partial charge is 0.512 e. The quantitative estimate of drug-likeness (QED) is 0.186. The van der Waals surface area contributed by atoms with Crippen molar-refractivity contribution < 1.29 is 19.7 Å². The summed E-state index contributed by atoms with van der Waals surface area (Å²) in [5.74, 6) is 1.63. The van der Waals surface area contributed by atoms with Crippen molar-refractivity contribution in [1.29, 1.82) is 0 Å². The number of unbranched alkanes of at least 4 members (excludes halogenated alkanes) is 1. The van der Waals surface area contributed by atoms with E-state index in [2.05, 4.69) is 45.9 Å². The Morgan fingerprint density at radius 2 is 1.62 bits per heavy atom. The van der Waals surface area contributed by atoms with E-state index in [1.54, 1.807) is 0 Å². The summed E-state index contributed by atoms with van der Waals surface area (Å²) in [5.41, 5.74) is 5.06. The summed E-state index contributed by atoms with van der Waals surface area (Å²) >= 11 is 0. The highest BCUT2D eigenvalue weighted by atomic mass is 16.5. The van der Waals surface area contributed by atoms with E-state index in [-0.39, 0.29) is 5.76 Å². The van der Waals surface area contributed by atoms with Gasteiger partial charge in [0.15, 0.2) is 5.76 Å². The van der Waals surface area contributed by atoms with Crippen molar-refractivity contribution in [3.63, 3.8) is 0 Å². The molecule has 188 valence electrons. The predicted octanol–water partition coefficient (Wildman–Crippen LogP) is 8.66. The molecule has 0 saturated heterocycles. The van der Waals surface area contributed by atoms with E-state index < -0.39 is 0 Å². The third-order valence-corrected chi connectivity index (χ3v) is 5.56. The lowest BCUT2D eigenvalue weighted by Crippen LogP contribution is -2.06. The normalized spacial score (nSPS) is 11.9. The zero-order valence-corrected chi connectivity index (χ0v) is 21.9. The van der Waals surface area contributed by atoms with Crippen LogP contribution in [0.1, 0.15) is 71.4 Å². The average Bonchev–Trinajstić information content (AvgIpc) is 2.85. The number of rotatable bonds is 12. The third kappa shape index (κ3) is 10.9. The summed E-state index contributed by atoms with van der Waals surface area (Å²) in [4.78, 5) is 0. The Morgan fingerprint density at radius 3 is 2.18 bits per heavy atom. The molecule has 0 aliphatic heterocycles. The van der Waals surface area contributed by atoms with Gasteiger partial charge < -0.3 is 19.7 Å². The van der Waals surface area contributed by atoms with Gasteiger partial charge in [-0.1, -0.05) is 64.8 Å². The van der Waals surface area contributed by atoms with Crippen LogP contribution in [0.3, 0.4) is 0 Å². The number of ether oxygens (including phenoxy) is 2. The Hall–Kier alpha value is -2.72. The van der Waals surface area contributed by atoms with Crippen LogP contribution in [-0.2, 0) is 4.74 Å². The molecule has 2 aromatic carbocycles. The van der Waals surface area contributed by atoms with Crippen molar-refractivity contribution in [2.45, 2.75) is 67.2 Å². The molecular weight excluding hydrogens is 424 g/mol. The van der Waals surface area contributed by atoms with E-state index in [9.17, 15) is 10.2 Å². The van der Waals surface area contributed by atoms with Crippen LogP contribution in [0.2, 0.25) is 0 Å². The lowest BCUT2D eigenvalue weighted by Gasteiger charge is -2.11. The summed E-state index contributed by atoms with van der Waals surface area (Å²) in [6, 6.07) is 14.3. The van der Waals surface area contributed by atoms with Crippen molar-refractivity contribution in [1.82, 2.24) is 0 Å². The number of hydrogen-bond donors (Lipinski definition) is 2. The van der Waals surface area contributed by atoms with Gasteiger partial charge in [-0.05, 0) is 84.7 Å². The SMILES string of the molecule is CCC(C)C.CCCC/C(=C\c1cc(-c2ccc(OCCOCC)cc2)ccc1C)C(O)=CO. The van der Waals surface area contributed by atoms with E-state index in [0.717, 1.165) is 65.0 Å². The van der Waals surface area contributed by atoms with Crippen LogP contribution in [0, 0.1) is 12.8 Å². The standard InChI is InChI=1S/C25H32O4.C5H12/c1-4-6-7-22(25(27)18-26)17-23-16-21(9-8-19(23)3)20-10-12-24(13-11-20)29-15-14-28-5-2;1-4-5(2)3/h8-13,16-18,26-27H,4-7,14-15H2,1-3H3;5H,4H2,1-3H3/b22-17+,25-18?;. The molecule has 0 saturated carbocycles. The van der Waals surface area contributed by atoms with Gasteiger partial charge in [-0.3, -0.25) is 0 Å². The highest BCUT2D eigenvalue weighted by molar-refractivity contribution is 5.71. The van der Waals surface area contributed by atoms with Gasteiger partial charge in [-0.2, -0.15) is 0 Å². The first-order chi connectivity index (χ1) is 16.4. The first kappa shape index (κ1) is 29.3.